The van der Waals surface area contributed by atoms with Crippen molar-refractivity contribution in [3.05, 3.63) is 23.8 Å². The van der Waals surface area contributed by atoms with Crippen LogP contribution in [0.3, 0.4) is 0 Å². The van der Waals surface area contributed by atoms with Crippen molar-refractivity contribution in [2.75, 3.05) is 0 Å². The Morgan fingerprint density at radius 2 is 1.33 bits per heavy atom. The van der Waals surface area contributed by atoms with Gasteiger partial charge in [0.1, 0.15) is 0 Å². The molecular formula is C25H40F2. The first-order valence-corrected chi connectivity index (χ1v) is 11.7. The summed E-state index contributed by atoms with van der Waals surface area (Å²) in [5.74, 6) is 4.96. The average Bonchev–Trinajstić information content (AvgIpc) is 2.68. The van der Waals surface area contributed by atoms with Crippen molar-refractivity contribution in [3.8, 4) is 0 Å². The van der Waals surface area contributed by atoms with Crippen molar-refractivity contribution in [1.29, 1.82) is 0 Å². The topological polar surface area (TPSA) is 0 Å². The second-order valence-corrected chi connectivity index (χ2v) is 10.1. The first-order chi connectivity index (χ1) is 13.0. The summed E-state index contributed by atoms with van der Waals surface area (Å²) < 4.78 is 24.5. The van der Waals surface area contributed by atoms with Crippen LogP contribution in [0.4, 0.5) is 8.78 Å². The summed E-state index contributed by atoms with van der Waals surface area (Å²) in [4.78, 5) is 0. The second-order valence-electron chi connectivity index (χ2n) is 10.1. The molecule has 3 aliphatic carbocycles. The number of allylic oxidation sites excluding steroid dienone is 3. The van der Waals surface area contributed by atoms with Gasteiger partial charge in [-0.1, -0.05) is 31.4 Å². The Morgan fingerprint density at radius 3 is 1.89 bits per heavy atom. The van der Waals surface area contributed by atoms with Crippen LogP contribution in [0.5, 0.6) is 0 Å². The molecule has 0 aromatic carbocycles. The molecule has 0 unspecified atom stereocenters. The zero-order valence-electron chi connectivity index (χ0n) is 17.6. The minimum absolute atomic E-state index is 0.477. The van der Waals surface area contributed by atoms with Gasteiger partial charge in [0.25, 0.3) is 6.08 Å². The Morgan fingerprint density at radius 1 is 0.778 bits per heavy atom. The van der Waals surface area contributed by atoms with E-state index in [9.17, 15) is 8.78 Å². The second kappa shape index (κ2) is 10.2. The van der Waals surface area contributed by atoms with Crippen LogP contribution >= 0.6 is 0 Å². The summed E-state index contributed by atoms with van der Waals surface area (Å²) in [6.45, 7) is 4.78. The summed E-state index contributed by atoms with van der Waals surface area (Å²) >= 11 is 0. The Labute approximate surface area is 165 Å². The fraction of sp³-hybridized carbons (Fsp3) is 0.840. The molecule has 0 aromatic rings. The third-order valence-corrected chi connectivity index (χ3v) is 8.14. The third kappa shape index (κ3) is 6.43. The minimum atomic E-state index is -1.51. The Kier molecular flexibility index (Phi) is 7.97. The van der Waals surface area contributed by atoms with Crippen LogP contribution in [0.2, 0.25) is 0 Å². The van der Waals surface area contributed by atoms with Gasteiger partial charge >= 0.3 is 0 Å². The lowest BCUT2D eigenvalue weighted by Gasteiger charge is -2.38. The van der Waals surface area contributed by atoms with Gasteiger partial charge in [0.15, 0.2) is 0 Å². The van der Waals surface area contributed by atoms with Crippen molar-refractivity contribution >= 4 is 0 Å². The summed E-state index contributed by atoms with van der Waals surface area (Å²) in [5, 5.41) is 0. The molecule has 3 fully saturated rings. The number of hydrogen-bond donors (Lipinski definition) is 0. The van der Waals surface area contributed by atoms with E-state index in [2.05, 4.69) is 19.9 Å². The summed E-state index contributed by atoms with van der Waals surface area (Å²) in [6.07, 6.45) is 18.9. The van der Waals surface area contributed by atoms with Gasteiger partial charge in [-0.3, -0.25) is 0 Å². The monoisotopic (exact) mass is 378 g/mol. The maximum atomic E-state index is 12.3. The molecule has 27 heavy (non-hydrogen) atoms. The van der Waals surface area contributed by atoms with E-state index in [0.717, 1.165) is 42.6 Å². The Hall–Kier alpha value is -0.660. The molecule has 3 aliphatic rings. The van der Waals surface area contributed by atoms with E-state index in [1.165, 1.54) is 64.2 Å². The maximum absolute atomic E-state index is 12.3. The standard InChI is InChI=1S/C25H40F2/c1-18-3-10-23(11-4-18)24-14-12-22(13-15-24)19(2)17-21-7-5-20(6-8-21)9-16-25(26)27/h16-18,20-24H,3-15H2,1-2H3. The molecule has 0 saturated heterocycles. The van der Waals surface area contributed by atoms with Crippen LogP contribution in [0.15, 0.2) is 23.8 Å². The van der Waals surface area contributed by atoms with Gasteiger partial charge in [-0.15, -0.1) is 0 Å². The molecule has 154 valence electrons. The molecular weight excluding hydrogens is 338 g/mol. The molecule has 3 rings (SSSR count). The summed E-state index contributed by atoms with van der Waals surface area (Å²) in [5.41, 5.74) is 1.63. The number of hydrogen-bond acceptors (Lipinski definition) is 0. The fourth-order valence-corrected chi connectivity index (χ4v) is 6.16. The van der Waals surface area contributed by atoms with Gasteiger partial charge in [-0.05, 0) is 119 Å². The van der Waals surface area contributed by atoms with Gasteiger partial charge in [-0.2, -0.15) is 8.78 Å². The van der Waals surface area contributed by atoms with Crippen LogP contribution in [-0.2, 0) is 0 Å². The molecule has 0 heterocycles. The fourth-order valence-electron chi connectivity index (χ4n) is 6.16. The lowest BCUT2D eigenvalue weighted by atomic mass is 9.68. The van der Waals surface area contributed by atoms with Crippen LogP contribution in [0.25, 0.3) is 0 Å². The minimum Gasteiger partial charge on any atom is -0.174 e. The first kappa shape index (κ1) is 21.1. The lowest BCUT2D eigenvalue weighted by Crippen LogP contribution is -2.25. The average molecular weight is 379 g/mol. The van der Waals surface area contributed by atoms with Crippen LogP contribution in [0, 0.1) is 35.5 Å². The summed E-state index contributed by atoms with van der Waals surface area (Å²) in [7, 11) is 0. The predicted molar refractivity (Wildman–Crippen MR) is 111 cm³/mol. The highest BCUT2D eigenvalue weighted by Crippen LogP contribution is 2.43. The Balaban J connectivity index is 1.40. The Bertz CT molecular complexity index is 492. The zero-order valence-corrected chi connectivity index (χ0v) is 17.6. The van der Waals surface area contributed by atoms with Crippen molar-refractivity contribution in [3.63, 3.8) is 0 Å². The number of rotatable bonds is 5. The van der Waals surface area contributed by atoms with Crippen molar-refractivity contribution in [2.24, 2.45) is 35.5 Å². The molecule has 0 spiro atoms. The van der Waals surface area contributed by atoms with Crippen molar-refractivity contribution in [2.45, 2.75) is 97.3 Å². The van der Waals surface area contributed by atoms with Crippen LogP contribution in [-0.4, -0.2) is 0 Å². The highest BCUT2D eigenvalue weighted by Gasteiger charge is 2.30. The van der Waals surface area contributed by atoms with Crippen LogP contribution < -0.4 is 0 Å². The predicted octanol–water partition coefficient (Wildman–Crippen LogP) is 8.54. The SMILES string of the molecule is CC(=CC1CCC(CC=C(F)F)CC1)C1CCC(C2CCC(C)CC2)CC1. The highest BCUT2D eigenvalue weighted by molar-refractivity contribution is 5.08. The molecule has 3 saturated carbocycles. The smallest absolute Gasteiger partial charge is 0.174 e. The maximum Gasteiger partial charge on any atom is 0.266 e. The molecule has 0 atom stereocenters. The van der Waals surface area contributed by atoms with E-state index in [-0.39, 0.29) is 0 Å². The summed E-state index contributed by atoms with van der Waals surface area (Å²) in [6, 6.07) is 0. The third-order valence-electron chi connectivity index (χ3n) is 8.14. The zero-order chi connectivity index (χ0) is 19.2. The molecule has 0 aliphatic heterocycles. The van der Waals surface area contributed by atoms with E-state index in [1.54, 1.807) is 5.57 Å². The largest absolute Gasteiger partial charge is 0.266 e. The molecule has 0 bridgehead atoms. The van der Waals surface area contributed by atoms with E-state index in [0.29, 0.717) is 18.3 Å². The van der Waals surface area contributed by atoms with Gasteiger partial charge in [-0.25, -0.2) is 0 Å². The normalized spacial score (nSPS) is 38.4. The van der Waals surface area contributed by atoms with Gasteiger partial charge in [0.05, 0.1) is 0 Å². The first-order valence-electron chi connectivity index (χ1n) is 11.7. The van der Waals surface area contributed by atoms with Crippen LogP contribution in [0.1, 0.15) is 97.3 Å². The molecule has 0 radical (unpaired) electrons. The van der Waals surface area contributed by atoms with E-state index >= 15 is 0 Å². The lowest BCUT2D eigenvalue weighted by molar-refractivity contribution is 0.158. The molecule has 0 aromatic heterocycles. The molecule has 0 amide bonds. The highest BCUT2D eigenvalue weighted by atomic mass is 19.3. The van der Waals surface area contributed by atoms with Gasteiger partial charge < -0.3 is 0 Å². The quantitative estimate of drug-likeness (QED) is 0.420. The van der Waals surface area contributed by atoms with E-state index < -0.39 is 6.08 Å². The van der Waals surface area contributed by atoms with Crippen molar-refractivity contribution < 1.29 is 8.78 Å². The molecule has 0 N–H and O–H groups in total. The van der Waals surface area contributed by atoms with Gasteiger partial charge in [0, 0.05) is 0 Å². The van der Waals surface area contributed by atoms with E-state index in [4.69, 9.17) is 0 Å². The molecule has 2 heteroatoms. The van der Waals surface area contributed by atoms with E-state index in [1.807, 2.05) is 0 Å². The van der Waals surface area contributed by atoms with Gasteiger partial charge in [0.2, 0.25) is 0 Å². The number of halogens is 2. The molecule has 0 nitrogen and oxygen atoms in total. The van der Waals surface area contributed by atoms with Crippen molar-refractivity contribution in [1.82, 2.24) is 0 Å².